The fourth-order valence-corrected chi connectivity index (χ4v) is 2.20. The van der Waals surface area contributed by atoms with Gasteiger partial charge in [0.1, 0.15) is 6.61 Å². The maximum Gasteiger partial charge on any atom is 0.120 e. The highest BCUT2D eigenvalue weighted by atomic mass is 32.2. The molecule has 1 saturated heterocycles. The Morgan fingerprint density at radius 2 is 2.70 bits per heavy atom. The van der Waals surface area contributed by atoms with Crippen molar-refractivity contribution in [2.75, 3.05) is 18.1 Å². The molecule has 1 unspecified atom stereocenters. The van der Waals surface area contributed by atoms with Crippen LogP contribution in [0.15, 0.2) is 5.16 Å². The molecule has 0 N–H and O–H groups in total. The molecule has 0 aromatic heterocycles. The molecule has 1 aliphatic rings. The first-order valence-electron chi connectivity index (χ1n) is 3.61. The molecule has 0 aromatic carbocycles. The summed E-state index contributed by atoms with van der Waals surface area (Å²) in [7, 11) is 0. The molecule has 1 heterocycles. The molecule has 58 valence electrons. The minimum atomic E-state index is 0.744. The van der Waals surface area contributed by atoms with Gasteiger partial charge in [0.15, 0.2) is 0 Å². The Balaban J connectivity index is 2.01. The van der Waals surface area contributed by atoms with E-state index in [0.29, 0.717) is 0 Å². The van der Waals surface area contributed by atoms with Gasteiger partial charge in [-0.3, -0.25) is 0 Å². The molecule has 0 spiro atoms. The highest BCUT2D eigenvalue weighted by molar-refractivity contribution is 7.99. The third-order valence-corrected chi connectivity index (χ3v) is 2.75. The summed E-state index contributed by atoms with van der Waals surface area (Å²) in [4.78, 5) is 5.02. The molecule has 0 bridgehead atoms. The molecule has 0 aliphatic carbocycles. The van der Waals surface area contributed by atoms with Crippen LogP contribution in [0.4, 0.5) is 0 Å². The summed E-state index contributed by atoms with van der Waals surface area (Å²) in [5.74, 6) is 3.29. The second-order valence-corrected chi connectivity index (χ2v) is 3.54. The second-order valence-electron chi connectivity index (χ2n) is 2.39. The SMILES string of the molecule is C/C=N\OCC1CCSC1. The average Bonchev–Trinajstić information content (AvgIpc) is 2.41. The standard InChI is InChI=1S/C7H13NOS/c1-2-8-9-5-7-3-4-10-6-7/h2,7H,3-6H2,1H3/b8-2-. The summed E-state index contributed by atoms with van der Waals surface area (Å²) < 4.78 is 0. The Labute approximate surface area is 66.0 Å². The first kappa shape index (κ1) is 7.92. The van der Waals surface area contributed by atoms with E-state index in [-0.39, 0.29) is 0 Å². The molecule has 3 heteroatoms. The number of rotatable bonds is 3. The van der Waals surface area contributed by atoms with Crippen LogP contribution in [0.5, 0.6) is 0 Å². The van der Waals surface area contributed by atoms with Crippen LogP contribution in [0.1, 0.15) is 13.3 Å². The fourth-order valence-electron chi connectivity index (χ4n) is 0.938. The molecule has 10 heavy (non-hydrogen) atoms. The van der Waals surface area contributed by atoms with Gasteiger partial charge in [-0.25, -0.2) is 0 Å². The van der Waals surface area contributed by atoms with Gasteiger partial charge in [0.2, 0.25) is 0 Å². The summed E-state index contributed by atoms with van der Waals surface area (Å²) in [5.41, 5.74) is 0. The van der Waals surface area contributed by atoms with E-state index in [0.717, 1.165) is 12.5 Å². The monoisotopic (exact) mass is 159 g/mol. The topological polar surface area (TPSA) is 21.6 Å². The predicted molar refractivity (Wildman–Crippen MR) is 45.6 cm³/mol. The summed E-state index contributed by atoms with van der Waals surface area (Å²) in [5, 5.41) is 3.70. The number of hydrogen-bond donors (Lipinski definition) is 0. The van der Waals surface area contributed by atoms with E-state index in [4.69, 9.17) is 4.84 Å². The zero-order valence-corrected chi connectivity index (χ0v) is 7.06. The lowest BCUT2D eigenvalue weighted by Crippen LogP contribution is -2.05. The Morgan fingerprint density at radius 3 is 3.30 bits per heavy atom. The lowest BCUT2D eigenvalue weighted by Gasteiger charge is -2.03. The van der Waals surface area contributed by atoms with Crippen LogP contribution in [0, 0.1) is 5.92 Å². The number of thioether (sulfide) groups is 1. The van der Waals surface area contributed by atoms with E-state index in [1.807, 2.05) is 18.7 Å². The lowest BCUT2D eigenvalue weighted by atomic mass is 10.1. The molecule has 0 amide bonds. The van der Waals surface area contributed by atoms with Gasteiger partial charge in [-0.2, -0.15) is 11.8 Å². The van der Waals surface area contributed by atoms with Crippen molar-refractivity contribution >= 4 is 18.0 Å². The van der Waals surface area contributed by atoms with Gasteiger partial charge < -0.3 is 4.84 Å². The molecule has 1 aliphatic heterocycles. The van der Waals surface area contributed by atoms with Crippen LogP contribution in [-0.2, 0) is 4.84 Å². The zero-order chi connectivity index (χ0) is 7.23. The third-order valence-electron chi connectivity index (χ3n) is 1.51. The zero-order valence-electron chi connectivity index (χ0n) is 6.25. The molecule has 1 fully saturated rings. The van der Waals surface area contributed by atoms with E-state index in [1.54, 1.807) is 6.21 Å². The molecule has 0 radical (unpaired) electrons. The van der Waals surface area contributed by atoms with Crippen molar-refractivity contribution < 1.29 is 4.84 Å². The molecule has 2 nitrogen and oxygen atoms in total. The van der Waals surface area contributed by atoms with Crippen LogP contribution in [0.25, 0.3) is 0 Å². The van der Waals surface area contributed by atoms with E-state index in [1.165, 1.54) is 17.9 Å². The van der Waals surface area contributed by atoms with Gasteiger partial charge in [-0.05, 0) is 24.9 Å². The molecule has 0 saturated carbocycles. The van der Waals surface area contributed by atoms with Crippen molar-refractivity contribution in [3.05, 3.63) is 0 Å². The van der Waals surface area contributed by atoms with E-state index in [2.05, 4.69) is 5.16 Å². The van der Waals surface area contributed by atoms with Crippen molar-refractivity contribution in [1.82, 2.24) is 0 Å². The normalized spacial score (nSPS) is 25.9. The number of nitrogens with zero attached hydrogens (tertiary/aromatic N) is 1. The van der Waals surface area contributed by atoms with Crippen molar-refractivity contribution in [3.63, 3.8) is 0 Å². The van der Waals surface area contributed by atoms with Crippen LogP contribution >= 0.6 is 11.8 Å². The largest absolute Gasteiger partial charge is 0.396 e. The second kappa shape index (κ2) is 4.61. The Bertz CT molecular complexity index is 110. The van der Waals surface area contributed by atoms with Crippen molar-refractivity contribution in [3.8, 4) is 0 Å². The first-order valence-corrected chi connectivity index (χ1v) is 4.76. The molecule has 1 rings (SSSR count). The third kappa shape index (κ3) is 2.60. The summed E-state index contributed by atoms with van der Waals surface area (Å²) >= 11 is 2.01. The first-order chi connectivity index (χ1) is 4.93. The summed E-state index contributed by atoms with van der Waals surface area (Å²) in [6.07, 6.45) is 2.98. The maximum atomic E-state index is 5.02. The molecular weight excluding hydrogens is 146 g/mol. The van der Waals surface area contributed by atoms with Gasteiger partial charge >= 0.3 is 0 Å². The Kier molecular flexibility index (Phi) is 3.65. The number of oxime groups is 1. The van der Waals surface area contributed by atoms with Crippen LogP contribution in [0.2, 0.25) is 0 Å². The Hall–Kier alpha value is -0.180. The van der Waals surface area contributed by atoms with Crippen molar-refractivity contribution in [2.45, 2.75) is 13.3 Å². The number of hydrogen-bond acceptors (Lipinski definition) is 3. The van der Waals surface area contributed by atoms with Crippen LogP contribution in [0.3, 0.4) is 0 Å². The molecular formula is C7H13NOS. The van der Waals surface area contributed by atoms with Crippen molar-refractivity contribution in [1.29, 1.82) is 0 Å². The quantitative estimate of drug-likeness (QED) is 0.462. The lowest BCUT2D eigenvalue weighted by molar-refractivity contribution is 0.116. The highest BCUT2D eigenvalue weighted by Gasteiger charge is 2.15. The predicted octanol–water partition coefficient (Wildman–Crippen LogP) is 1.76. The van der Waals surface area contributed by atoms with Gasteiger partial charge in [-0.1, -0.05) is 5.16 Å². The van der Waals surface area contributed by atoms with Gasteiger partial charge in [0.25, 0.3) is 0 Å². The highest BCUT2D eigenvalue weighted by Crippen LogP contribution is 2.23. The van der Waals surface area contributed by atoms with Crippen molar-refractivity contribution in [2.24, 2.45) is 11.1 Å². The van der Waals surface area contributed by atoms with Gasteiger partial charge in [0, 0.05) is 12.1 Å². The summed E-state index contributed by atoms with van der Waals surface area (Å²) in [6.45, 7) is 2.67. The Morgan fingerprint density at radius 1 is 1.80 bits per heavy atom. The van der Waals surface area contributed by atoms with E-state index < -0.39 is 0 Å². The molecule has 0 aromatic rings. The van der Waals surface area contributed by atoms with Gasteiger partial charge in [-0.15, -0.1) is 0 Å². The minimum absolute atomic E-state index is 0.744. The minimum Gasteiger partial charge on any atom is -0.396 e. The van der Waals surface area contributed by atoms with E-state index >= 15 is 0 Å². The fraction of sp³-hybridized carbons (Fsp3) is 0.857. The van der Waals surface area contributed by atoms with Crippen LogP contribution < -0.4 is 0 Å². The summed E-state index contributed by atoms with van der Waals surface area (Å²) in [6, 6.07) is 0. The maximum absolute atomic E-state index is 5.02. The smallest absolute Gasteiger partial charge is 0.120 e. The van der Waals surface area contributed by atoms with Crippen LogP contribution in [-0.4, -0.2) is 24.3 Å². The van der Waals surface area contributed by atoms with Gasteiger partial charge in [0.05, 0.1) is 0 Å². The van der Waals surface area contributed by atoms with E-state index in [9.17, 15) is 0 Å². The average molecular weight is 159 g/mol. The molecule has 1 atom stereocenters.